The van der Waals surface area contributed by atoms with Gasteiger partial charge in [-0.05, 0) is 12.8 Å². The number of hydrogen-bond donors (Lipinski definition) is 0. The highest BCUT2D eigenvalue weighted by Gasteiger charge is 1.71. The molecule has 0 bridgehead atoms. The van der Waals surface area contributed by atoms with Crippen LogP contribution in [0.25, 0.3) is 0 Å². The molecule has 0 radical (unpaired) electrons. The third-order valence-corrected chi connectivity index (χ3v) is 1.53. The Bertz CT molecular complexity index is 211. The van der Waals surface area contributed by atoms with Gasteiger partial charge < -0.3 is 0 Å². The lowest BCUT2D eigenvalue weighted by atomic mass is 10.2. The Hall–Kier alpha value is -1.30. The summed E-state index contributed by atoms with van der Waals surface area (Å²) >= 11 is 0. The van der Waals surface area contributed by atoms with E-state index in [2.05, 4.69) is 60.8 Å². The topological polar surface area (TPSA) is 0 Å². The quantitative estimate of drug-likeness (QED) is 0.505. The Morgan fingerprint density at radius 1 is 0.417 bits per heavy atom. The van der Waals surface area contributed by atoms with Crippen molar-refractivity contribution >= 4 is 0 Å². The summed E-state index contributed by atoms with van der Waals surface area (Å²) in [6, 6.07) is 0. The fourth-order valence-corrected chi connectivity index (χ4v) is 0.914. The van der Waals surface area contributed by atoms with Gasteiger partial charge in [-0.15, -0.1) is 0 Å². The molecule has 0 nitrogen and oxygen atoms in total. The number of rotatable bonds is 0. The van der Waals surface area contributed by atoms with Crippen molar-refractivity contribution < 1.29 is 0 Å². The van der Waals surface area contributed by atoms with Gasteiger partial charge in [0.15, 0.2) is 0 Å². The first-order valence-corrected chi connectivity index (χ1v) is 4.30. The van der Waals surface area contributed by atoms with E-state index in [-0.39, 0.29) is 0 Å². The van der Waals surface area contributed by atoms with Crippen LogP contribution in [-0.2, 0) is 0 Å². The van der Waals surface area contributed by atoms with Gasteiger partial charge in [0.2, 0.25) is 0 Å². The Labute approximate surface area is 74.3 Å². The number of hydrogen-bond acceptors (Lipinski definition) is 0. The second kappa shape index (κ2) is 6.41. The summed E-state index contributed by atoms with van der Waals surface area (Å²) in [5.74, 6) is 0. The molecular weight excluding hydrogens is 144 g/mol. The first-order chi connectivity index (χ1) is 6.00. The van der Waals surface area contributed by atoms with E-state index in [1.165, 1.54) is 0 Å². The van der Waals surface area contributed by atoms with Gasteiger partial charge in [0.1, 0.15) is 0 Å². The van der Waals surface area contributed by atoms with Gasteiger partial charge in [-0.1, -0.05) is 60.8 Å². The highest BCUT2D eigenvalue weighted by atomic mass is 13.8. The lowest BCUT2D eigenvalue weighted by molar-refractivity contribution is 1.37. The van der Waals surface area contributed by atoms with Crippen LogP contribution in [0.15, 0.2) is 60.8 Å². The first kappa shape index (κ1) is 8.79. The van der Waals surface area contributed by atoms with Crippen LogP contribution in [0.5, 0.6) is 0 Å². The Kier molecular flexibility index (Phi) is 4.70. The summed E-state index contributed by atoms with van der Waals surface area (Å²) in [5.41, 5.74) is 0. The zero-order valence-electron chi connectivity index (χ0n) is 7.19. The fraction of sp³-hybridized carbons (Fsp3) is 0.167. The molecule has 0 N–H and O–H groups in total. The van der Waals surface area contributed by atoms with E-state index in [1.54, 1.807) is 0 Å². The third kappa shape index (κ3) is 4.51. The molecule has 1 aliphatic rings. The molecule has 0 spiro atoms. The average Bonchev–Trinajstić information content (AvgIpc) is 2.05. The van der Waals surface area contributed by atoms with Crippen molar-refractivity contribution in [3.8, 4) is 0 Å². The molecule has 0 heteroatoms. The molecule has 0 aromatic heterocycles. The highest BCUT2D eigenvalue weighted by Crippen LogP contribution is 1.93. The minimum Gasteiger partial charge on any atom is -0.0808 e. The van der Waals surface area contributed by atoms with Crippen molar-refractivity contribution in [3.63, 3.8) is 0 Å². The van der Waals surface area contributed by atoms with E-state index < -0.39 is 0 Å². The minimum absolute atomic E-state index is 1.01. The second-order valence-electron chi connectivity index (χ2n) is 2.57. The Morgan fingerprint density at radius 2 is 0.750 bits per heavy atom. The van der Waals surface area contributed by atoms with Crippen LogP contribution >= 0.6 is 0 Å². The van der Waals surface area contributed by atoms with Gasteiger partial charge in [-0.25, -0.2) is 0 Å². The molecule has 0 heterocycles. The summed E-state index contributed by atoms with van der Waals surface area (Å²) < 4.78 is 0. The molecule has 0 aliphatic heterocycles. The molecule has 0 fully saturated rings. The maximum atomic E-state index is 2.14. The Balaban J connectivity index is 2.55. The normalized spacial score (nSPS) is 28.0. The van der Waals surface area contributed by atoms with Crippen molar-refractivity contribution in [1.29, 1.82) is 0 Å². The molecule has 0 unspecified atom stereocenters. The molecule has 0 amide bonds. The van der Waals surface area contributed by atoms with E-state index in [1.807, 2.05) is 0 Å². The number of allylic oxidation sites excluding steroid dienone is 10. The first-order valence-electron chi connectivity index (χ1n) is 4.30. The van der Waals surface area contributed by atoms with E-state index in [0.717, 1.165) is 12.8 Å². The fourth-order valence-electron chi connectivity index (χ4n) is 0.914. The standard InChI is InChI=1S/C12H14/c1-2-4-6-8-10-12-11-9-7-5-3-1/h1-6,9-12H,7-8H2/b2-1+,5-3-,6-4-,11-9+,12-10?. The van der Waals surface area contributed by atoms with Crippen LogP contribution in [-0.4, -0.2) is 0 Å². The molecule has 0 saturated heterocycles. The van der Waals surface area contributed by atoms with Crippen LogP contribution < -0.4 is 0 Å². The smallest absolute Gasteiger partial charge is 0.0163 e. The SMILES string of the molecule is C1=CC\C=C/C=C/C=C\C/C=C/1. The highest BCUT2D eigenvalue weighted by molar-refractivity contribution is 5.15. The van der Waals surface area contributed by atoms with Crippen LogP contribution in [0.4, 0.5) is 0 Å². The van der Waals surface area contributed by atoms with Crippen LogP contribution in [0.3, 0.4) is 0 Å². The summed E-state index contributed by atoms with van der Waals surface area (Å²) in [4.78, 5) is 0. The maximum absolute atomic E-state index is 2.14. The lowest BCUT2D eigenvalue weighted by Crippen LogP contribution is -1.61. The summed E-state index contributed by atoms with van der Waals surface area (Å²) in [6.07, 6.45) is 23.0. The molecule has 62 valence electrons. The average molecular weight is 158 g/mol. The van der Waals surface area contributed by atoms with Crippen molar-refractivity contribution in [2.75, 3.05) is 0 Å². The molecule has 0 aromatic carbocycles. The molecule has 12 heavy (non-hydrogen) atoms. The van der Waals surface area contributed by atoms with Crippen LogP contribution in [0.1, 0.15) is 12.8 Å². The van der Waals surface area contributed by atoms with Crippen molar-refractivity contribution in [1.82, 2.24) is 0 Å². The summed E-state index contributed by atoms with van der Waals surface area (Å²) in [7, 11) is 0. The molecule has 1 aliphatic carbocycles. The molecule has 0 atom stereocenters. The summed E-state index contributed by atoms with van der Waals surface area (Å²) in [5, 5.41) is 0. The lowest BCUT2D eigenvalue weighted by Gasteiger charge is -1.82. The van der Waals surface area contributed by atoms with E-state index in [9.17, 15) is 0 Å². The van der Waals surface area contributed by atoms with Crippen LogP contribution in [0, 0.1) is 0 Å². The molecule has 1 rings (SSSR count). The van der Waals surface area contributed by atoms with Gasteiger partial charge >= 0.3 is 0 Å². The largest absolute Gasteiger partial charge is 0.0808 e. The molecular formula is C12H14. The zero-order valence-corrected chi connectivity index (χ0v) is 7.19. The minimum atomic E-state index is 1.01. The molecule has 0 aromatic rings. The monoisotopic (exact) mass is 158 g/mol. The Morgan fingerprint density at radius 3 is 1.17 bits per heavy atom. The van der Waals surface area contributed by atoms with E-state index in [4.69, 9.17) is 0 Å². The second-order valence-corrected chi connectivity index (χ2v) is 2.57. The van der Waals surface area contributed by atoms with Gasteiger partial charge in [0, 0.05) is 0 Å². The van der Waals surface area contributed by atoms with Gasteiger partial charge in [-0.2, -0.15) is 0 Å². The predicted octanol–water partition coefficient (Wildman–Crippen LogP) is 3.56. The molecule has 0 saturated carbocycles. The van der Waals surface area contributed by atoms with Gasteiger partial charge in [0.25, 0.3) is 0 Å². The third-order valence-electron chi connectivity index (χ3n) is 1.53. The van der Waals surface area contributed by atoms with E-state index >= 15 is 0 Å². The zero-order chi connectivity index (χ0) is 8.49. The maximum Gasteiger partial charge on any atom is -0.0163 e. The van der Waals surface area contributed by atoms with Crippen molar-refractivity contribution in [2.24, 2.45) is 0 Å². The predicted molar refractivity (Wildman–Crippen MR) is 54.9 cm³/mol. The van der Waals surface area contributed by atoms with Crippen molar-refractivity contribution in [2.45, 2.75) is 12.8 Å². The van der Waals surface area contributed by atoms with Crippen LogP contribution in [0.2, 0.25) is 0 Å². The van der Waals surface area contributed by atoms with Gasteiger partial charge in [0.05, 0.1) is 0 Å². The van der Waals surface area contributed by atoms with Gasteiger partial charge in [-0.3, -0.25) is 0 Å². The van der Waals surface area contributed by atoms with E-state index in [0.29, 0.717) is 0 Å². The summed E-state index contributed by atoms with van der Waals surface area (Å²) in [6.45, 7) is 0. The van der Waals surface area contributed by atoms with Crippen molar-refractivity contribution in [3.05, 3.63) is 60.8 Å².